The van der Waals surface area contributed by atoms with Crippen LogP contribution in [0.1, 0.15) is 27.8 Å². The maximum Gasteiger partial charge on any atom is 0.343 e. The predicted octanol–water partition coefficient (Wildman–Crippen LogP) is 8.00. The predicted molar refractivity (Wildman–Crippen MR) is 159 cm³/mol. The Hall–Kier alpha value is -4.60. The number of nitrogens with zero attached hydrogens (tertiary/aromatic N) is 1. The van der Waals surface area contributed by atoms with Crippen molar-refractivity contribution in [3.63, 3.8) is 0 Å². The molecule has 0 saturated carbocycles. The fourth-order valence-corrected chi connectivity index (χ4v) is 5.29. The Labute approximate surface area is 241 Å². The molecule has 0 aromatic heterocycles. The van der Waals surface area contributed by atoms with E-state index >= 15 is 0 Å². The standard InChI is InChI=1S/C34H26BrNO4/c1-38-32(37)22-39-34-28(17-24-12-6-3-7-13-24)19-26-18-27(16-23-10-4-2-5-11-23)31(20-29(26)33(34)35)40-30-15-9-8-14-25(30)21-36/h2-15,18-20H,16-17,22H2,1H3. The average Bonchev–Trinajstić information content (AvgIpc) is 2.99. The van der Waals surface area contributed by atoms with E-state index in [0.29, 0.717) is 40.1 Å². The van der Waals surface area contributed by atoms with Gasteiger partial charge in [0.2, 0.25) is 0 Å². The Morgan fingerprint density at radius 2 is 1.40 bits per heavy atom. The van der Waals surface area contributed by atoms with E-state index in [0.717, 1.165) is 33.0 Å². The minimum Gasteiger partial charge on any atom is -0.480 e. The second-order valence-electron chi connectivity index (χ2n) is 9.26. The van der Waals surface area contributed by atoms with E-state index < -0.39 is 5.97 Å². The molecule has 0 atom stereocenters. The van der Waals surface area contributed by atoms with Gasteiger partial charge in [-0.2, -0.15) is 5.26 Å². The number of benzene rings is 5. The molecule has 198 valence electrons. The van der Waals surface area contributed by atoms with Crippen LogP contribution in [-0.2, 0) is 22.4 Å². The molecule has 0 aliphatic heterocycles. The van der Waals surface area contributed by atoms with Crippen LogP contribution in [0.15, 0.2) is 108 Å². The zero-order valence-corrected chi connectivity index (χ0v) is 23.5. The second-order valence-corrected chi connectivity index (χ2v) is 10.1. The smallest absolute Gasteiger partial charge is 0.343 e. The highest BCUT2D eigenvalue weighted by molar-refractivity contribution is 9.10. The molecule has 5 aromatic rings. The molecule has 0 radical (unpaired) electrons. The molecule has 6 heteroatoms. The Morgan fingerprint density at radius 1 is 0.800 bits per heavy atom. The van der Waals surface area contributed by atoms with E-state index in [-0.39, 0.29) is 6.61 Å². The van der Waals surface area contributed by atoms with Crippen molar-refractivity contribution in [3.05, 3.63) is 135 Å². The van der Waals surface area contributed by atoms with Gasteiger partial charge in [0, 0.05) is 23.8 Å². The second kappa shape index (κ2) is 12.5. The summed E-state index contributed by atoms with van der Waals surface area (Å²) in [5.74, 6) is 1.22. The van der Waals surface area contributed by atoms with Gasteiger partial charge in [-0.3, -0.25) is 0 Å². The number of para-hydroxylation sites is 1. The van der Waals surface area contributed by atoms with Crippen molar-refractivity contribution >= 4 is 32.7 Å². The van der Waals surface area contributed by atoms with Crippen LogP contribution in [0.2, 0.25) is 0 Å². The lowest BCUT2D eigenvalue weighted by molar-refractivity contribution is -0.142. The number of ether oxygens (including phenoxy) is 3. The lowest BCUT2D eigenvalue weighted by Gasteiger charge is -2.18. The van der Waals surface area contributed by atoms with Crippen LogP contribution in [0.5, 0.6) is 17.2 Å². The summed E-state index contributed by atoms with van der Waals surface area (Å²) in [7, 11) is 1.34. The van der Waals surface area contributed by atoms with E-state index in [9.17, 15) is 10.1 Å². The summed E-state index contributed by atoms with van der Waals surface area (Å²) in [6, 6.07) is 35.9. The monoisotopic (exact) mass is 591 g/mol. The summed E-state index contributed by atoms with van der Waals surface area (Å²) in [6.07, 6.45) is 1.26. The van der Waals surface area contributed by atoms with Crippen LogP contribution in [0.4, 0.5) is 0 Å². The largest absolute Gasteiger partial charge is 0.480 e. The van der Waals surface area contributed by atoms with Crippen molar-refractivity contribution in [2.24, 2.45) is 0 Å². The van der Waals surface area contributed by atoms with Crippen molar-refractivity contribution in [2.45, 2.75) is 12.8 Å². The van der Waals surface area contributed by atoms with E-state index in [1.807, 2.05) is 54.6 Å². The fraction of sp³-hybridized carbons (Fsp3) is 0.118. The third kappa shape index (κ3) is 6.17. The Kier molecular flexibility index (Phi) is 8.44. The zero-order valence-electron chi connectivity index (χ0n) is 21.9. The van der Waals surface area contributed by atoms with Crippen LogP contribution in [0.25, 0.3) is 10.8 Å². The van der Waals surface area contributed by atoms with Gasteiger partial charge in [0.1, 0.15) is 23.3 Å². The van der Waals surface area contributed by atoms with Gasteiger partial charge in [-0.25, -0.2) is 4.79 Å². The molecule has 40 heavy (non-hydrogen) atoms. The van der Waals surface area contributed by atoms with Crippen molar-refractivity contribution in [1.29, 1.82) is 5.26 Å². The van der Waals surface area contributed by atoms with Crippen LogP contribution in [0.3, 0.4) is 0 Å². The normalized spacial score (nSPS) is 10.6. The molecule has 0 aliphatic rings. The number of hydrogen-bond acceptors (Lipinski definition) is 5. The molecule has 5 aromatic carbocycles. The third-order valence-electron chi connectivity index (χ3n) is 6.55. The Balaban J connectivity index is 1.67. The van der Waals surface area contributed by atoms with Crippen LogP contribution in [-0.4, -0.2) is 19.7 Å². The quantitative estimate of drug-likeness (QED) is 0.162. The first-order valence-electron chi connectivity index (χ1n) is 12.8. The molecular formula is C34H26BrNO4. The third-order valence-corrected chi connectivity index (χ3v) is 7.34. The number of hydrogen-bond donors (Lipinski definition) is 0. The average molecular weight is 592 g/mol. The topological polar surface area (TPSA) is 68.6 Å². The number of halogens is 1. The first kappa shape index (κ1) is 27.0. The molecule has 0 fully saturated rings. The van der Waals surface area contributed by atoms with Crippen LogP contribution in [0, 0.1) is 11.3 Å². The number of nitriles is 1. The first-order chi connectivity index (χ1) is 19.6. The van der Waals surface area contributed by atoms with Gasteiger partial charge in [0.25, 0.3) is 0 Å². The van der Waals surface area contributed by atoms with Gasteiger partial charge in [0.05, 0.1) is 17.1 Å². The highest BCUT2D eigenvalue weighted by Crippen LogP contribution is 2.42. The zero-order chi connectivity index (χ0) is 27.9. The number of carbonyl (C=O) groups is 1. The summed E-state index contributed by atoms with van der Waals surface area (Å²) < 4.78 is 17.9. The summed E-state index contributed by atoms with van der Waals surface area (Å²) >= 11 is 3.77. The molecular weight excluding hydrogens is 566 g/mol. The summed E-state index contributed by atoms with van der Waals surface area (Å²) in [6.45, 7) is -0.215. The molecule has 0 bridgehead atoms. The van der Waals surface area contributed by atoms with Gasteiger partial charge < -0.3 is 14.2 Å². The maximum atomic E-state index is 12.0. The maximum absolute atomic E-state index is 12.0. The summed E-state index contributed by atoms with van der Waals surface area (Å²) in [4.78, 5) is 12.0. The van der Waals surface area contributed by atoms with Crippen molar-refractivity contribution in [2.75, 3.05) is 13.7 Å². The van der Waals surface area contributed by atoms with Crippen molar-refractivity contribution < 1.29 is 19.0 Å². The van der Waals surface area contributed by atoms with Crippen LogP contribution >= 0.6 is 15.9 Å². The Morgan fingerprint density at radius 3 is 2.05 bits per heavy atom. The number of esters is 1. The van der Waals surface area contributed by atoms with E-state index in [2.05, 4.69) is 58.4 Å². The molecule has 5 nitrogen and oxygen atoms in total. The highest BCUT2D eigenvalue weighted by Gasteiger charge is 2.19. The first-order valence-corrected chi connectivity index (χ1v) is 13.6. The van der Waals surface area contributed by atoms with Crippen molar-refractivity contribution in [1.82, 2.24) is 0 Å². The molecule has 0 spiro atoms. The number of fused-ring (bicyclic) bond motifs is 1. The van der Waals surface area contributed by atoms with Crippen molar-refractivity contribution in [3.8, 4) is 23.3 Å². The SMILES string of the molecule is COC(=O)COc1c(Cc2ccccc2)cc2cc(Cc3ccccc3)c(Oc3ccccc3C#N)cc2c1Br. The van der Waals surface area contributed by atoms with E-state index in [1.165, 1.54) is 7.11 Å². The molecule has 5 rings (SSSR count). The van der Waals surface area contributed by atoms with Gasteiger partial charge in [0.15, 0.2) is 6.61 Å². The number of rotatable bonds is 9. The van der Waals surface area contributed by atoms with Gasteiger partial charge in [-0.05, 0) is 68.3 Å². The minimum atomic E-state index is -0.465. The summed E-state index contributed by atoms with van der Waals surface area (Å²) in [5.41, 5.74) is 4.62. The lowest BCUT2D eigenvalue weighted by atomic mass is 9.96. The van der Waals surface area contributed by atoms with Crippen LogP contribution < -0.4 is 9.47 Å². The highest BCUT2D eigenvalue weighted by atomic mass is 79.9. The minimum absolute atomic E-state index is 0.215. The molecule has 0 saturated heterocycles. The van der Waals surface area contributed by atoms with Gasteiger partial charge >= 0.3 is 5.97 Å². The van der Waals surface area contributed by atoms with E-state index in [4.69, 9.17) is 14.2 Å². The number of methoxy groups -OCH3 is 1. The molecule has 0 N–H and O–H groups in total. The fourth-order valence-electron chi connectivity index (χ4n) is 4.58. The van der Waals surface area contributed by atoms with Gasteiger partial charge in [-0.1, -0.05) is 72.8 Å². The lowest BCUT2D eigenvalue weighted by Crippen LogP contribution is -2.14. The number of carbonyl (C=O) groups excluding carboxylic acids is 1. The molecule has 0 unspecified atom stereocenters. The molecule has 0 amide bonds. The Bertz CT molecular complexity index is 1700. The van der Waals surface area contributed by atoms with E-state index in [1.54, 1.807) is 12.1 Å². The summed E-state index contributed by atoms with van der Waals surface area (Å²) in [5, 5.41) is 11.5. The molecule has 0 heterocycles. The molecule has 0 aliphatic carbocycles. The van der Waals surface area contributed by atoms with Gasteiger partial charge in [-0.15, -0.1) is 0 Å².